The third-order valence-corrected chi connectivity index (χ3v) is 4.36. The Hall–Kier alpha value is -2.34. The van der Waals surface area contributed by atoms with E-state index in [0.717, 1.165) is 26.1 Å². The minimum atomic E-state index is -0.962. The van der Waals surface area contributed by atoms with Crippen molar-refractivity contribution in [2.24, 2.45) is 5.92 Å². The van der Waals surface area contributed by atoms with Gasteiger partial charge in [-0.1, -0.05) is 12.1 Å². The molecule has 128 valence electrons. The average Bonchev–Trinajstić information content (AvgIpc) is 3.07. The fourth-order valence-corrected chi connectivity index (χ4v) is 3.27. The number of piperidine rings is 1. The molecule has 6 nitrogen and oxygen atoms in total. The molecule has 1 saturated heterocycles. The maximum absolute atomic E-state index is 10.5. The molecule has 1 aromatic carbocycles. The molecule has 1 aliphatic heterocycles. The Morgan fingerprint density at radius 2 is 2.17 bits per heavy atom. The van der Waals surface area contributed by atoms with E-state index in [-0.39, 0.29) is 6.61 Å². The molecule has 1 fully saturated rings. The first-order valence-corrected chi connectivity index (χ1v) is 8.33. The molecule has 0 saturated carbocycles. The van der Waals surface area contributed by atoms with Gasteiger partial charge in [0.15, 0.2) is 6.61 Å². The van der Waals surface area contributed by atoms with Crippen LogP contribution in [0.2, 0.25) is 0 Å². The van der Waals surface area contributed by atoms with Crippen molar-refractivity contribution in [3.8, 4) is 5.75 Å². The highest BCUT2D eigenvalue weighted by molar-refractivity contribution is 5.68. The number of carbonyl (C=O) groups is 1. The number of hydrogen-bond donors (Lipinski definition) is 2. The second kappa shape index (κ2) is 7.97. The third-order valence-electron chi connectivity index (χ3n) is 4.36. The molecular weight excluding hydrogens is 306 g/mol. The maximum Gasteiger partial charge on any atom is 0.341 e. The maximum atomic E-state index is 10.5. The summed E-state index contributed by atoms with van der Waals surface area (Å²) in [6, 6.07) is 9.74. The molecule has 2 heterocycles. The van der Waals surface area contributed by atoms with Crippen LogP contribution in [0.4, 0.5) is 0 Å². The first-order valence-electron chi connectivity index (χ1n) is 8.33. The number of benzene rings is 1. The van der Waals surface area contributed by atoms with Crippen LogP contribution in [0.1, 0.15) is 24.1 Å². The molecule has 1 aromatic heterocycles. The van der Waals surface area contributed by atoms with Gasteiger partial charge >= 0.3 is 5.97 Å². The van der Waals surface area contributed by atoms with Gasteiger partial charge in [-0.2, -0.15) is 5.10 Å². The lowest BCUT2D eigenvalue weighted by Crippen LogP contribution is -2.35. The van der Waals surface area contributed by atoms with Gasteiger partial charge in [0.25, 0.3) is 0 Å². The summed E-state index contributed by atoms with van der Waals surface area (Å²) >= 11 is 0. The summed E-state index contributed by atoms with van der Waals surface area (Å²) in [5.41, 5.74) is 2.43. The number of hydrogen-bond acceptors (Lipinski definition) is 4. The lowest BCUT2D eigenvalue weighted by Gasteiger charge is -2.32. The number of carboxylic acid groups (broad SMARTS) is 1. The van der Waals surface area contributed by atoms with Crippen LogP contribution in [0.15, 0.2) is 36.5 Å². The van der Waals surface area contributed by atoms with Crippen molar-refractivity contribution in [1.82, 2.24) is 15.1 Å². The molecule has 1 atom stereocenters. The van der Waals surface area contributed by atoms with Crippen molar-refractivity contribution in [1.29, 1.82) is 0 Å². The van der Waals surface area contributed by atoms with Crippen molar-refractivity contribution in [2.45, 2.75) is 25.8 Å². The minimum absolute atomic E-state index is 0.305. The van der Waals surface area contributed by atoms with Crippen LogP contribution < -0.4 is 4.74 Å². The van der Waals surface area contributed by atoms with Crippen molar-refractivity contribution < 1.29 is 14.6 Å². The number of nitrogens with zero attached hydrogens (tertiary/aromatic N) is 2. The monoisotopic (exact) mass is 329 g/mol. The normalized spacial score (nSPS) is 18.4. The molecule has 0 radical (unpaired) electrons. The average molecular weight is 329 g/mol. The molecule has 0 aliphatic carbocycles. The number of ether oxygens (including phenoxy) is 1. The Bertz CT molecular complexity index is 640. The Morgan fingerprint density at radius 3 is 2.88 bits per heavy atom. The molecule has 1 aliphatic rings. The SMILES string of the molecule is O=C(O)COc1ccc(CN2CCC[C@H](Cc3ccn[nH]3)C2)cc1. The van der Waals surface area contributed by atoms with E-state index in [0.29, 0.717) is 11.7 Å². The quantitative estimate of drug-likeness (QED) is 0.815. The molecule has 0 unspecified atom stereocenters. The van der Waals surface area contributed by atoms with Gasteiger partial charge in [-0.15, -0.1) is 0 Å². The Labute approximate surface area is 141 Å². The fourth-order valence-electron chi connectivity index (χ4n) is 3.27. The van der Waals surface area contributed by atoms with Crippen LogP contribution in [-0.4, -0.2) is 45.9 Å². The zero-order valence-electron chi connectivity index (χ0n) is 13.6. The lowest BCUT2D eigenvalue weighted by atomic mass is 9.93. The molecule has 0 spiro atoms. The van der Waals surface area contributed by atoms with E-state index < -0.39 is 5.97 Å². The first-order chi connectivity index (χ1) is 11.7. The number of likely N-dealkylation sites (tertiary alicyclic amines) is 1. The summed E-state index contributed by atoms with van der Waals surface area (Å²) in [6.45, 7) is 2.83. The van der Waals surface area contributed by atoms with Crippen molar-refractivity contribution in [3.63, 3.8) is 0 Å². The molecule has 2 N–H and O–H groups in total. The number of carboxylic acids is 1. The Kier molecular flexibility index (Phi) is 5.48. The molecular formula is C18H23N3O3. The van der Waals surface area contributed by atoms with Gasteiger partial charge < -0.3 is 9.84 Å². The third kappa shape index (κ3) is 4.83. The molecule has 3 rings (SSSR count). The highest BCUT2D eigenvalue weighted by Gasteiger charge is 2.20. The van der Waals surface area contributed by atoms with Gasteiger partial charge in [0.1, 0.15) is 5.75 Å². The van der Waals surface area contributed by atoms with E-state index in [1.165, 1.54) is 24.1 Å². The van der Waals surface area contributed by atoms with E-state index in [4.69, 9.17) is 9.84 Å². The standard InChI is InChI=1S/C18H23N3O3/c22-18(23)13-24-17-5-3-14(4-6-17)11-21-9-1-2-15(12-21)10-16-7-8-19-20-16/h3-8,15H,1-2,9-13H2,(H,19,20)(H,22,23)/t15-/m1/s1. The number of rotatable bonds is 7. The van der Waals surface area contributed by atoms with E-state index in [9.17, 15) is 4.79 Å². The molecule has 24 heavy (non-hydrogen) atoms. The van der Waals surface area contributed by atoms with Crippen molar-refractivity contribution in [3.05, 3.63) is 47.8 Å². The van der Waals surface area contributed by atoms with Gasteiger partial charge in [-0.25, -0.2) is 4.79 Å². The topological polar surface area (TPSA) is 78.5 Å². The van der Waals surface area contributed by atoms with Gasteiger partial charge in [-0.05, 0) is 55.5 Å². The number of aromatic nitrogens is 2. The Morgan fingerprint density at radius 1 is 1.33 bits per heavy atom. The van der Waals surface area contributed by atoms with Crippen LogP contribution in [0.3, 0.4) is 0 Å². The van der Waals surface area contributed by atoms with Crippen LogP contribution >= 0.6 is 0 Å². The van der Waals surface area contributed by atoms with E-state index in [1.807, 2.05) is 30.5 Å². The van der Waals surface area contributed by atoms with Crippen LogP contribution in [0.5, 0.6) is 5.75 Å². The molecule has 0 amide bonds. The predicted molar refractivity (Wildman–Crippen MR) is 89.9 cm³/mol. The summed E-state index contributed by atoms with van der Waals surface area (Å²) in [7, 11) is 0. The van der Waals surface area contributed by atoms with Gasteiger partial charge in [0.2, 0.25) is 0 Å². The summed E-state index contributed by atoms with van der Waals surface area (Å²) in [6.07, 6.45) is 5.35. The smallest absolute Gasteiger partial charge is 0.341 e. The number of H-pyrrole nitrogens is 1. The van der Waals surface area contributed by atoms with E-state index in [2.05, 4.69) is 21.2 Å². The van der Waals surface area contributed by atoms with E-state index >= 15 is 0 Å². The van der Waals surface area contributed by atoms with Crippen molar-refractivity contribution in [2.75, 3.05) is 19.7 Å². The lowest BCUT2D eigenvalue weighted by molar-refractivity contribution is -0.139. The van der Waals surface area contributed by atoms with Crippen LogP contribution in [0.25, 0.3) is 0 Å². The van der Waals surface area contributed by atoms with E-state index in [1.54, 1.807) is 0 Å². The second-order valence-corrected chi connectivity index (χ2v) is 6.36. The van der Waals surface area contributed by atoms with Crippen LogP contribution in [-0.2, 0) is 17.8 Å². The zero-order chi connectivity index (χ0) is 16.8. The fraction of sp³-hybridized carbons (Fsp3) is 0.444. The number of aliphatic carboxylic acids is 1. The predicted octanol–water partition coefficient (Wildman–Crippen LogP) is 2.33. The number of aromatic amines is 1. The van der Waals surface area contributed by atoms with Crippen molar-refractivity contribution >= 4 is 5.97 Å². The minimum Gasteiger partial charge on any atom is -0.482 e. The van der Waals surface area contributed by atoms with Gasteiger partial charge in [0.05, 0.1) is 0 Å². The highest BCUT2D eigenvalue weighted by Crippen LogP contribution is 2.22. The first kappa shape index (κ1) is 16.5. The summed E-state index contributed by atoms with van der Waals surface area (Å²) < 4.78 is 5.17. The van der Waals surface area contributed by atoms with Crippen LogP contribution in [0, 0.1) is 5.92 Å². The summed E-state index contributed by atoms with van der Waals surface area (Å²) in [5.74, 6) is 0.296. The Balaban J connectivity index is 1.50. The highest BCUT2D eigenvalue weighted by atomic mass is 16.5. The summed E-state index contributed by atoms with van der Waals surface area (Å²) in [4.78, 5) is 13.0. The largest absolute Gasteiger partial charge is 0.482 e. The summed E-state index contributed by atoms with van der Waals surface area (Å²) in [5, 5.41) is 15.7. The molecule has 0 bridgehead atoms. The zero-order valence-corrected chi connectivity index (χ0v) is 13.6. The van der Waals surface area contributed by atoms with Gasteiger partial charge in [0, 0.05) is 25.0 Å². The second-order valence-electron chi connectivity index (χ2n) is 6.36. The number of nitrogens with one attached hydrogen (secondary N) is 1. The molecule has 2 aromatic rings. The molecule has 6 heteroatoms. The van der Waals surface area contributed by atoms with Gasteiger partial charge in [-0.3, -0.25) is 10.00 Å².